The molecule has 2 aromatic carbocycles. The number of carbonyl (C=O) groups is 2. The number of pyridine rings is 2. The zero-order chi connectivity index (χ0) is 39.0. The molecule has 0 fully saturated rings. The lowest BCUT2D eigenvalue weighted by Gasteiger charge is -2.22. The van der Waals surface area contributed by atoms with Gasteiger partial charge in [-0.2, -0.15) is 0 Å². The van der Waals surface area contributed by atoms with E-state index < -0.39 is 0 Å². The number of aromatic nitrogens is 6. The largest absolute Gasteiger partial charge is 0.309 e. The number of nitrogens with zero attached hydrogens (tertiary/aromatic N) is 10. The molecule has 0 aliphatic carbocycles. The summed E-state index contributed by atoms with van der Waals surface area (Å²) in [6, 6.07) is 33.2. The highest BCUT2D eigenvalue weighted by Gasteiger charge is 2.21. The van der Waals surface area contributed by atoms with Crippen molar-refractivity contribution in [3.63, 3.8) is 0 Å². The molecule has 0 N–H and O–H groups in total. The molecule has 13 heteroatoms. The van der Waals surface area contributed by atoms with Crippen LogP contribution in [0.3, 0.4) is 0 Å². The summed E-state index contributed by atoms with van der Waals surface area (Å²) in [5, 5.41) is 17.0. The first-order valence-electron chi connectivity index (χ1n) is 17.9. The summed E-state index contributed by atoms with van der Waals surface area (Å²) in [5.41, 5.74) is 3.82. The monoisotopic (exact) mass is 740 g/mol. The maximum absolute atomic E-state index is 13.2. The van der Waals surface area contributed by atoms with Crippen LogP contribution in [-0.2, 0) is 0 Å². The summed E-state index contributed by atoms with van der Waals surface area (Å²) < 4.78 is 13.2. The summed E-state index contributed by atoms with van der Waals surface area (Å²) in [6.07, 6.45) is 5.02. The van der Waals surface area contributed by atoms with E-state index in [0.29, 0.717) is 52.9 Å². The molecule has 4 aromatic heterocycles. The second kappa shape index (κ2) is 20.2. The third-order valence-corrected chi connectivity index (χ3v) is 8.28. The zero-order valence-electron chi connectivity index (χ0n) is 31.5. The van der Waals surface area contributed by atoms with E-state index in [1.807, 2.05) is 107 Å². The van der Waals surface area contributed by atoms with Gasteiger partial charge in [0.05, 0.1) is 11.4 Å². The maximum atomic E-state index is 13.2. The van der Waals surface area contributed by atoms with Gasteiger partial charge in [0.25, 0.3) is 11.8 Å². The van der Waals surface area contributed by atoms with Crippen LogP contribution >= 0.6 is 0 Å². The Kier molecular flexibility index (Phi) is 14.7. The summed E-state index contributed by atoms with van der Waals surface area (Å²) >= 11 is 0. The van der Waals surface area contributed by atoms with Crippen LogP contribution in [0.15, 0.2) is 128 Å². The molecule has 6 rings (SSSR count). The molecule has 0 aliphatic heterocycles. The van der Waals surface area contributed by atoms with Crippen molar-refractivity contribution in [3.8, 4) is 22.8 Å². The second-order valence-electron chi connectivity index (χ2n) is 13.1. The van der Waals surface area contributed by atoms with Crippen LogP contribution in [0, 0.1) is 5.82 Å². The summed E-state index contributed by atoms with van der Waals surface area (Å²) in [4.78, 5) is 42.0. The molecular formula is C42H45FN10O2. The lowest BCUT2D eigenvalue weighted by atomic mass is 10.2. The van der Waals surface area contributed by atoms with Crippen molar-refractivity contribution in [2.45, 2.75) is 12.8 Å². The fourth-order valence-electron chi connectivity index (χ4n) is 5.46. The van der Waals surface area contributed by atoms with E-state index in [9.17, 15) is 14.0 Å². The van der Waals surface area contributed by atoms with Gasteiger partial charge in [-0.25, -0.2) is 4.39 Å². The van der Waals surface area contributed by atoms with Gasteiger partial charge in [0.2, 0.25) is 0 Å². The van der Waals surface area contributed by atoms with Gasteiger partial charge in [0.15, 0.2) is 11.6 Å². The SMILES string of the molecule is CN(C)CCCN(C(=O)c1ccc(F)cc1)c1ccc(-c2ccccn2)nn1.CN(C)CCCN(C(=O)c1ccccc1)c1ccc(-c2ccccn2)nn1. The van der Waals surface area contributed by atoms with E-state index in [-0.39, 0.29) is 17.6 Å². The molecule has 55 heavy (non-hydrogen) atoms. The Hall–Kier alpha value is -6.31. The quantitative estimate of drug-likeness (QED) is 0.124. The fraction of sp³-hybridized carbons (Fsp3) is 0.238. The number of anilines is 2. The fourth-order valence-corrected chi connectivity index (χ4v) is 5.46. The molecule has 0 radical (unpaired) electrons. The Morgan fingerprint density at radius 1 is 0.473 bits per heavy atom. The number of hydrogen-bond acceptors (Lipinski definition) is 10. The molecule has 6 aromatic rings. The minimum Gasteiger partial charge on any atom is -0.309 e. The van der Waals surface area contributed by atoms with Gasteiger partial charge in [-0.3, -0.25) is 29.4 Å². The average molecular weight is 741 g/mol. The van der Waals surface area contributed by atoms with Crippen molar-refractivity contribution in [1.82, 2.24) is 40.2 Å². The lowest BCUT2D eigenvalue weighted by Crippen LogP contribution is -2.34. The van der Waals surface area contributed by atoms with E-state index in [1.54, 1.807) is 34.3 Å². The second-order valence-corrected chi connectivity index (χ2v) is 13.1. The van der Waals surface area contributed by atoms with Gasteiger partial charge in [-0.05, 0) is 139 Å². The first-order valence-corrected chi connectivity index (χ1v) is 17.9. The Morgan fingerprint density at radius 2 is 0.909 bits per heavy atom. The molecule has 0 atom stereocenters. The molecule has 282 valence electrons. The Labute approximate surface area is 321 Å². The Morgan fingerprint density at radius 3 is 1.29 bits per heavy atom. The topological polar surface area (TPSA) is 124 Å². The van der Waals surface area contributed by atoms with Gasteiger partial charge < -0.3 is 9.80 Å². The molecule has 0 saturated carbocycles. The van der Waals surface area contributed by atoms with Crippen LogP contribution in [0.4, 0.5) is 16.0 Å². The van der Waals surface area contributed by atoms with Crippen molar-refractivity contribution in [3.05, 3.63) is 145 Å². The van der Waals surface area contributed by atoms with Crippen molar-refractivity contribution in [2.24, 2.45) is 0 Å². The third kappa shape index (κ3) is 11.8. The third-order valence-electron chi connectivity index (χ3n) is 8.28. The van der Waals surface area contributed by atoms with Gasteiger partial charge in [-0.15, -0.1) is 20.4 Å². The van der Waals surface area contributed by atoms with E-state index in [4.69, 9.17) is 0 Å². The van der Waals surface area contributed by atoms with Gasteiger partial charge in [0, 0.05) is 36.6 Å². The number of carbonyl (C=O) groups excluding carboxylic acids is 2. The van der Waals surface area contributed by atoms with Crippen LogP contribution in [0.25, 0.3) is 22.8 Å². The molecule has 0 unspecified atom stereocenters. The standard InChI is InChI=1S/C21H22FN5O.C21H23N5O/c1-26(2)14-5-15-27(21(28)16-7-9-17(22)10-8-16)20-12-11-19(24-25-20)18-6-3-4-13-23-18;1-25(2)15-8-16-26(21(27)17-9-4-3-5-10-17)20-13-12-19(23-24-20)18-11-6-7-14-22-18/h3-4,6-13H,5,14-15H2,1-2H3;3-7,9-14H,8,15-16H2,1-2H3. The summed E-state index contributed by atoms with van der Waals surface area (Å²) in [5.74, 6) is 0.304. The average Bonchev–Trinajstić information content (AvgIpc) is 3.22. The smallest absolute Gasteiger partial charge is 0.259 e. The molecule has 12 nitrogen and oxygen atoms in total. The minimum absolute atomic E-state index is 0.0748. The van der Waals surface area contributed by atoms with Gasteiger partial charge in [0.1, 0.15) is 17.2 Å². The van der Waals surface area contributed by atoms with E-state index in [1.165, 1.54) is 24.3 Å². The summed E-state index contributed by atoms with van der Waals surface area (Å²) in [7, 11) is 8.00. The molecule has 4 heterocycles. The van der Waals surface area contributed by atoms with Gasteiger partial charge in [-0.1, -0.05) is 30.3 Å². The van der Waals surface area contributed by atoms with Crippen molar-refractivity contribution < 1.29 is 14.0 Å². The molecule has 0 spiro atoms. The number of rotatable bonds is 14. The van der Waals surface area contributed by atoms with E-state index >= 15 is 0 Å². The van der Waals surface area contributed by atoms with Crippen LogP contribution in [0.2, 0.25) is 0 Å². The predicted molar refractivity (Wildman–Crippen MR) is 213 cm³/mol. The first kappa shape index (κ1) is 39.9. The van der Waals surface area contributed by atoms with E-state index in [2.05, 4.69) is 40.2 Å². The van der Waals surface area contributed by atoms with Gasteiger partial charge >= 0.3 is 0 Å². The van der Waals surface area contributed by atoms with Crippen molar-refractivity contribution >= 4 is 23.5 Å². The van der Waals surface area contributed by atoms with Crippen LogP contribution in [0.5, 0.6) is 0 Å². The normalized spacial score (nSPS) is 10.8. The lowest BCUT2D eigenvalue weighted by molar-refractivity contribution is 0.0977. The molecule has 2 amide bonds. The Balaban J connectivity index is 0.000000211. The molecule has 0 saturated heterocycles. The predicted octanol–water partition coefficient (Wildman–Crippen LogP) is 6.41. The zero-order valence-corrected chi connectivity index (χ0v) is 31.5. The first-order chi connectivity index (χ1) is 26.7. The number of halogens is 1. The molecular weight excluding hydrogens is 696 g/mol. The van der Waals surface area contributed by atoms with Crippen LogP contribution in [0.1, 0.15) is 33.6 Å². The highest BCUT2D eigenvalue weighted by Crippen LogP contribution is 2.20. The summed E-state index contributed by atoms with van der Waals surface area (Å²) in [6.45, 7) is 2.76. The van der Waals surface area contributed by atoms with Crippen molar-refractivity contribution in [2.75, 3.05) is 64.2 Å². The number of hydrogen-bond donors (Lipinski definition) is 0. The Bertz CT molecular complexity index is 2050. The molecule has 0 bridgehead atoms. The van der Waals surface area contributed by atoms with Crippen LogP contribution in [-0.4, -0.2) is 106 Å². The highest BCUT2D eigenvalue weighted by atomic mass is 19.1. The highest BCUT2D eigenvalue weighted by molar-refractivity contribution is 6.06. The molecule has 0 aliphatic rings. The van der Waals surface area contributed by atoms with Crippen LogP contribution < -0.4 is 9.80 Å². The number of benzene rings is 2. The van der Waals surface area contributed by atoms with Crippen molar-refractivity contribution in [1.29, 1.82) is 0 Å². The number of amides is 2. The van der Waals surface area contributed by atoms with E-state index in [0.717, 1.165) is 31.6 Å². The maximum Gasteiger partial charge on any atom is 0.259 e. The minimum atomic E-state index is -0.379.